The summed E-state index contributed by atoms with van der Waals surface area (Å²) in [4.78, 5) is 117. The average Bonchev–Trinajstić information content (AvgIpc) is 3.65. The minimum Gasteiger partial charge on any atom is -0.481 e. The summed E-state index contributed by atoms with van der Waals surface area (Å²) in [5.41, 5.74) is 16.7. The van der Waals surface area contributed by atoms with E-state index in [-0.39, 0.29) is 63.3 Å². The molecule has 7 amide bonds. The van der Waals surface area contributed by atoms with Crippen LogP contribution in [0.4, 0.5) is 0 Å². The summed E-state index contributed by atoms with van der Waals surface area (Å²) in [7, 11) is 0. The number of rotatable bonds is 29. The molecule has 0 radical (unpaired) electrons. The van der Waals surface area contributed by atoms with Crippen molar-refractivity contribution >= 4 is 65.1 Å². The van der Waals surface area contributed by atoms with Crippen molar-refractivity contribution in [2.24, 2.45) is 29.0 Å². The summed E-state index contributed by atoms with van der Waals surface area (Å²) in [5, 5.41) is 32.0. The van der Waals surface area contributed by atoms with Gasteiger partial charge < -0.3 is 58.9 Å². The fraction of sp³-hybridized carbons (Fsp3) is 0.763. The second kappa shape index (κ2) is 27.3. The number of carbonyl (C=O) groups is 9. The Bertz CT molecular complexity index is 1450. The van der Waals surface area contributed by atoms with Crippen LogP contribution in [0.3, 0.4) is 0 Å². The Morgan fingerprint density at radius 1 is 0.695 bits per heavy atom. The SMILES string of the molecule is CSCCC(NC(=O)C(CC(C)C)NC(=O)C(CC(C)C)NC(=O)C1CCCN1C(=O)C(N)CCC(N)=O)C(=O)NC(CCC(=O)O)C(=O)NC(CCCCN)C(=O)O. The predicted molar refractivity (Wildman–Crippen MR) is 220 cm³/mol. The van der Waals surface area contributed by atoms with Gasteiger partial charge in [-0.1, -0.05) is 27.7 Å². The van der Waals surface area contributed by atoms with Gasteiger partial charge in [0.05, 0.1) is 6.04 Å². The minimum absolute atomic E-state index is 0.0142. The maximum absolute atomic E-state index is 13.9. The van der Waals surface area contributed by atoms with Crippen LogP contribution in [0.15, 0.2) is 0 Å². The highest BCUT2D eigenvalue weighted by Gasteiger charge is 2.39. The molecule has 0 saturated carbocycles. The Kier molecular flexibility index (Phi) is 24.3. The number of carboxylic acids is 2. The molecule has 0 aliphatic carbocycles. The van der Waals surface area contributed by atoms with Crippen molar-refractivity contribution in [3.63, 3.8) is 0 Å². The van der Waals surface area contributed by atoms with Gasteiger partial charge in [-0.15, -0.1) is 0 Å². The Labute approximate surface area is 350 Å². The molecular weight excluding hydrogens is 791 g/mol. The maximum Gasteiger partial charge on any atom is 0.326 e. The molecule has 1 aliphatic rings. The van der Waals surface area contributed by atoms with Gasteiger partial charge in [-0.25, -0.2) is 4.79 Å². The standard InChI is InChI=1S/C38H67N9O11S/c1-21(2)19-27(45-35(54)28(20-22(3)4)46-36(55)29-10-8-17-47(29)37(56)23(40)11-13-30(41)48)34(53)43-25(15-18-59-5)33(52)42-24(12-14-31(49)50)32(51)44-26(38(57)58)9-6-7-16-39/h21-29H,6-20,39-40H2,1-5H3,(H2,41,48)(H,42,52)(H,43,53)(H,44,51)(H,45,54)(H,46,55)(H,49,50)(H,57,58). The maximum atomic E-state index is 13.9. The first-order chi connectivity index (χ1) is 27.7. The summed E-state index contributed by atoms with van der Waals surface area (Å²) < 4.78 is 0. The van der Waals surface area contributed by atoms with Gasteiger partial charge in [0.1, 0.15) is 36.3 Å². The lowest BCUT2D eigenvalue weighted by atomic mass is 9.99. The monoisotopic (exact) mass is 857 g/mol. The molecule has 0 aromatic heterocycles. The molecule has 0 aromatic carbocycles. The molecule has 0 bridgehead atoms. The van der Waals surface area contributed by atoms with Crippen LogP contribution in [0.2, 0.25) is 0 Å². The van der Waals surface area contributed by atoms with Crippen LogP contribution in [0.25, 0.3) is 0 Å². The minimum atomic E-state index is -1.45. The summed E-state index contributed by atoms with van der Waals surface area (Å²) in [6.45, 7) is 7.91. The predicted octanol–water partition coefficient (Wildman–Crippen LogP) is -1.08. The number of hydrogen-bond donors (Lipinski definition) is 10. The van der Waals surface area contributed by atoms with E-state index in [1.807, 2.05) is 27.7 Å². The lowest BCUT2D eigenvalue weighted by Gasteiger charge is -2.30. The summed E-state index contributed by atoms with van der Waals surface area (Å²) in [5.74, 6) is -7.23. The van der Waals surface area contributed by atoms with E-state index in [4.69, 9.17) is 17.2 Å². The third-order valence-electron chi connectivity index (χ3n) is 9.62. The zero-order valence-electron chi connectivity index (χ0n) is 35.0. The molecule has 20 nitrogen and oxygen atoms in total. The third kappa shape index (κ3) is 19.9. The first kappa shape index (κ1) is 52.5. The highest BCUT2D eigenvalue weighted by atomic mass is 32.2. The van der Waals surface area contributed by atoms with E-state index in [1.54, 1.807) is 6.26 Å². The first-order valence-electron chi connectivity index (χ1n) is 20.2. The lowest BCUT2D eigenvalue weighted by Crippen LogP contribution is -2.60. The Balaban J connectivity index is 3.26. The Hall–Kier alpha value is -4.50. The number of unbranched alkanes of at least 4 members (excludes halogenated alkanes) is 1. The third-order valence-corrected chi connectivity index (χ3v) is 10.3. The first-order valence-corrected chi connectivity index (χ1v) is 21.6. The van der Waals surface area contributed by atoms with Gasteiger partial charge >= 0.3 is 11.9 Å². The van der Waals surface area contributed by atoms with E-state index in [9.17, 15) is 53.4 Å². The van der Waals surface area contributed by atoms with Crippen molar-refractivity contribution in [3.8, 4) is 0 Å². The molecule has 7 atom stereocenters. The second-order valence-corrected chi connectivity index (χ2v) is 16.7. The topological polar surface area (TPSA) is 336 Å². The molecule has 13 N–H and O–H groups in total. The molecule has 336 valence electrons. The summed E-state index contributed by atoms with van der Waals surface area (Å²) >= 11 is 1.37. The van der Waals surface area contributed by atoms with Gasteiger partial charge in [-0.2, -0.15) is 11.8 Å². The van der Waals surface area contributed by atoms with Crippen molar-refractivity contribution in [1.82, 2.24) is 31.5 Å². The van der Waals surface area contributed by atoms with Crippen molar-refractivity contribution in [2.75, 3.05) is 25.1 Å². The Morgan fingerprint density at radius 3 is 1.69 bits per heavy atom. The highest BCUT2D eigenvalue weighted by Crippen LogP contribution is 2.20. The number of hydrogen-bond acceptors (Lipinski definition) is 12. The highest BCUT2D eigenvalue weighted by molar-refractivity contribution is 7.98. The number of nitrogens with zero attached hydrogens (tertiary/aromatic N) is 1. The van der Waals surface area contributed by atoms with E-state index >= 15 is 0 Å². The van der Waals surface area contributed by atoms with Gasteiger partial charge in [0.15, 0.2) is 0 Å². The summed E-state index contributed by atoms with van der Waals surface area (Å²) in [6.07, 6.45) is 3.00. The molecular formula is C38H67N9O11S. The van der Waals surface area contributed by atoms with Gasteiger partial charge in [-0.05, 0) is 94.6 Å². The number of likely N-dealkylation sites (tertiary alicyclic amines) is 1. The molecule has 1 heterocycles. The van der Waals surface area contributed by atoms with Crippen LogP contribution in [-0.4, -0.2) is 136 Å². The smallest absolute Gasteiger partial charge is 0.326 e. The van der Waals surface area contributed by atoms with Crippen LogP contribution in [0.5, 0.6) is 0 Å². The fourth-order valence-corrected chi connectivity index (χ4v) is 6.96. The van der Waals surface area contributed by atoms with Gasteiger partial charge in [-0.3, -0.25) is 38.4 Å². The number of carboxylic acid groups (broad SMARTS) is 2. The molecule has 1 rings (SSSR count). The van der Waals surface area contributed by atoms with E-state index in [2.05, 4.69) is 26.6 Å². The van der Waals surface area contributed by atoms with E-state index in [0.717, 1.165) is 0 Å². The number of primary amides is 1. The molecule has 59 heavy (non-hydrogen) atoms. The van der Waals surface area contributed by atoms with Gasteiger partial charge in [0, 0.05) is 19.4 Å². The number of aliphatic carboxylic acids is 2. The van der Waals surface area contributed by atoms with Crippen LogP contribution in [0.1, 0.15) is 105 Å². The number of thioether (sulfide) groups is 1. The quantitative estimate of drug-likeness (QED) is 0.0400. The van der Waals surface area contributed by atoms with Crippen LogP contribution in [-0.2, 0) is 43.2 Å². The van der Waals surface area contributed by atoms with E-state index in [0.29, 0.717) is 38.0 Å². The van der Waals surface area contributed by atoms with Gasteiger partial charge in [0.2, 0.25) is 41.4 Å². The Morgan fingerprint density at radius 2 is 1.20 bits per heavy atom. The largest absolute Gasteiger partial charge is 0.481 e. The van der Waals surface area contributed by atoms with Gasteiger partial charge in [0.25, 0.3) is 0 Å². The van der Waals surface area contributed by atoms with Crippen molar-refractivity contribution in [3.05, 3.63) is 0 Å². The normalized spacial score (nSPS) is 16.9. The van der Waals surface area contributed by atoms with Crippen molar-refractivity contribution in [2.45, 2.75) is 147 Å². The fourth-order valence-electron chi connectivity index (χ4n) is 6.49. The van der Waals surface area contributed by atoms with E-state index in [1.165, 1.54) is 16.7 Å². The lowest BCUT2D eigenvalue weighted by molar-refractivity contribution is -0.143. The number of carbonyl (C=O) groups excluding carboxylic acids is 7. The number of nitrogens with two attached hydrogens (primary N) is 3. The molecule has 1 fully saturated rings. The van der Waals surface area contributed by atoms with Crippen LogP contribution >= 0.6 is 11.8 Å². The zero-order valence-corrected chi connectivity index (χ0v) is 35.8. The number of nitrogens with one attached hydrogen (secondary N) is 5. The van der Waals surface area contributed by atoms with Crippen molar-refractivity contribution < 1.29 is 53.4 Å². The second-order valence-electron chi connectivity index (χ2n) is 15.7. The molecule has 0 spiro atoms. The van der Waals surface area contributed by atoms with Crippen molar-refractivity contribution in [1.29, 1.82) is 0 Å². The molecule has 21 heteroatoms. The molecule has 0 aromatic rings. The van der Waals surface area contributed by atoms with Crippen LogP contribution < -0.4 is 43.8 Å². The average molecular weight is 858 g/mol. The molecule has 1 aliphatic heterocycles. The molecule has 1 saturated heterocycles. The number of amides is 7. The van der Waals surface area contributed by atoms with Crippen LogP contribution in [0, 0.1) is 11.8 Å². The zero-order chi connectivity index (χ0) is 44.8. The van der Waals surface area contributed by atoms with E-state index < -0.39 is 102 Å². The summed E-state index contributed by atoms with van der Waals surface area (Å²) in [6, 6.07) is -8.26. The molecule has 7 unspecified atom stereocenters.